The van der Waals surface area contributed by atoms with Gasteiger partial charge < -0.3 is 9.52 Å². The second kappa shape index (κ2) is 7.91. The van der Waals surface area contributed by atoms with Crippen LogP contribution in [-0.4, -0.2) is 20.6 Å². The van der Waals surface area contributed by atoms with E-state index in [0.29, 0.717) is 34.1 Å². The van der Waals surface area contributed by atoms with Crippen LogP contribution in [-0.2, 0) is 13.0 Å². The van der Waals surface area contributed by atoms with Crippen molar-refractivity contribution in [3.05, 3.63) is 75.0 Å². The topological polar surface area (TPSA) is 85.3 Å². The Kier molecular flexibility index (Phi) is 5.30. The number of benzene rings is 1. The Labute approximate surface area is 177 Å². The van der Waals surface area contributed by atoms with Gasteiger partial charge in [-0.2, -0.15) is 0 Å². The fraction of sp³-hybridized carbons (Fsp3) is 0.261. The van der Waals surface area contributed by atoms with E-state index >= 15 is 0 Å². The van der Waals surface area contributed by atoms with Crippen LogP contribution in [0.4, 0.5) is 0 Å². The first kappa shape index (κ1) is 20.1. The highest BCUT2D eigenvalue weighted by Crippen LogP contribution is 2.32. The van der Waals surface area contributed by atoms with Crippen molar-refractivity contribution in [2.75, 3.05) is 0 Å². The Morgan fingerprint density at radius 2 is 1.93 bits per heavy atom. The fourth-order valence-electron chi connectivity index (χ4n) is 3.49. The van der Waals surface area contributed by atoms with Crippen molar-refractivity contribution >= 4 is 27.5 Å². The van der Waals surface area contributed by atoms with Gasteiger partial charge in [-0.25, -0.2) is 9.78 Å². The normalized spacial score (nSPS) is 11.5. The maximum absolute atomic E-state index is 13.5. The molecule has 154 valence electrons. The maximum Gasteiger partial charge on any atom is 0.371 e. The molecule has 6 nitrogen and oxygen atoms in total. The van der Waals surface area contributed by atoms with Crippen molar-refractivity contribution in [1.82, 2.24) is 9.55 Å². The number of fused-ring (bicyclic) bond motifs is 1. The molecule has 0 aliphatic carbocycles. The molecular weight excluding hydrogens is 400 g/mol. The minimum atomic E-state index is -1.14. The maximum atomic E-state index is 13.5. The lowest BCUT2D eigenvalue weighted by Gasteiger charge is -2.11. The number of carbonyl (C=O) groups is 1. The molecule has 3 aromatic heterocycles. The SMILES string of the molecule is CCc1nc2scc(-c3ccc(C(C)C)cc3)c2c(=O)n1Cc1ccc(C(=O)O)o1. The van der Waals surface area contributed by atoms with Crippen LogP contribution in [0.1, 0.15) is 54.4 Å². The van der Waals surface area contributed by atoms with Gasteiger partial charge >= 0.3 is 5.97 Å². The van der Waals surface area contributed by atoms with Crippen LogP contribution in [0.25, 0.3) is 21.3 Å². The van der Waals surface area contributed by atoms with E-state index < -0.39 is 5.97 Å². The molecule has 0 unspecified atom stereocenters. The average molecular weight is 423 g/mol. The number of hydrogen-bond donors (Lipinski definition) is 1. The van der Waals surface area contributed by atoms with Gasteiger partial charge in [-0.1, -0.05) is 45.0 Å². The summed E-state index contributed by atoms with van der Waals surface area (Å²) in [6, 6.07) is 11.2. The predicted molar refractivity (Wildman–Crippen MR) is 118 cm³/mol. The molecule has 7 heteroatoms. The monoisotopic (exact) mass is 422 g/mol. The van der Waals surface area contributed by atoms with Crippen molar-refractivity contribution in [1.29, 1.82) is 0 Å². The van der Waals surface area contributed by atoms with Gasteiger partial charge in [-0.05, 0) is 29.2 Å². The summed E-state index contributed by atoms with van der Waals surface area (Å²) in [5, 5.41) is 11.6. The van der Waals surface area contributed by atoms with Gasteiger partial charge in [0.25, 0.3) is 5.56 Å². The zero-order valence-electron chi connectivity index (χ0n) is 17.0. The van der Waals surface area contributed by atoms with Crippen LogP contribution in [0.5, 0.6) is 0 Å². The number of rotatable bonds is 6. The van der Waals surface area contributed by atoms with Crippen LogP contribution >= 0.6 is 11.3 Å². The zero-order chi connectivity index (χ0) is 21.4. The Hall–Kier alpha value is -3.19. The predicted octanol–water partition coefficient (Wildman–Crippen LogP) is 5.15. The third kappa shape index (κ3) is 3.57. The molecule has 30 heavy (non-hydrogen) atoms. The van der Waals surface area contributed by atoms with Gasteiger partial charge in [-0.15, -0.1) is 11.3 Å². The van der Waals surface area contributed by atoms with Crippen molar-refractivity contribution in [3.8, 4) is 11.1 Å². The summed E-state index contributed by atoms with van der Waals surface area (Å²) in [5.41, 5.74) is 2.94. The lowest BCUT2D eigenvalue weighted by molar-refractivity contribution is 0.0660. The Balaban J connectivity index is 1.82. The molecule has 3 heterocycles. The van der Waals surface area contributed by atoms with Crippen LogP contribution in [0.3, 0.4) is 0 Å². The van der Waals surface area contributed by atoms with Crippen molar-refractivity contribution in [2.24, 2.45) is 0 Å². The molecule has 1 aromatic carbocycles. The summed E-state index contributed by atoms with van der Waals surface area (Å²) in [6.07, 6.45) is 0.577. The first-order valence-corrected chi connectivity index (χ1v) is 10.7. The molecule has 0 saturated heterocycles. The molecule has 0 radical (unpaired) electrons. The number of carboxylic acids is 1. The van der Waals surface area contributed by atoms with E-state index in [9.17, 15) is 9.59 Å². The van der Waals surface area contributed by atoms with Gasteiger partial charge in [0.05, 0.1) is 11.9 Å². The number of aryl methyl sites for hydroxylation is 1. The molecule has 4 rings (SSSR count). The number of nitrogens with zero attached hydrogens (tertiary/aromatic N) is 2. The van der Waals surface area contributed by atoms with Gasteiger partial charge in [0.15, 0.2) is 0 Å². The average Bonchev–Trinajstić information content (AvgIpc) is 3.37. The highest BCUT2D eigenvalue weighted by Gasteiger charge is 2.18. The molecular formula is C23H22N2O4S. The van der Waals surface area contributed by atoms with Crippen LogP contribution < -0.4 is 5.56 Å². The second-order valence-corrected chi connectivity index (χ2v) is 8.31. The number of aromatic nitrogens is 2. The molecule has 0 amide bonds. The van der Waals surface area contributed by atoms with Crippen molar-refractivity contribution in [2.45, 2.75) is 39.7 Å². The summed E-state index contributed by atoms with van der Waals surface area (Å²) in [4.78, 5) is 30.0. The molecule has 0 saturated carbocycles. The second-order valence-electron chi connectivity index (χ2n) is 7.45. The summed E-state index contributed by atoms with van der Waals surface area (Å²) in [6.45, 7) is 6.37. The lowest BCUT2D eigenvalue weighted by Crippen LogP contribution is -2.25. The number of thiophene rings is 1. The van der Waals surface area contributed by atoms with E-state index in [4.69, 9.17) is 14.5 Å². The Morgan fingerprint density at radius 1 is 1.20 bits per heavy atom. The summed E-state index contributed by atoms with van der Waals surface area (Å²) < 4.78 is 6.94. The Morgan fingerprint density at radius 3 is 2.53 bits per heavy atom. The largest absolute Gasteiger partial charge is 0.475 e. The highest BCUT2D eigenvalue weighted by atomic mass is 32.1. The van der Waals surface area contributed by atoms with Crippen molar-refractivity contribution in [3.63, 3.8) is 0 Å². The van der Waals surface area contributed by atoms with Gasteiger partial charge in [0.1, 0.15) is 16.4 Å². The zero-order valence-corrected chi connectivity index (χ0v) is 17.8. The molecule has 0 fully saturated rings. The number of aromatic carboxylic acids is 1. The standard InChI is InChI=1S/C23H22N2O4S/c1-4-19-24-21-20(17(12-30-21)15-7-5-14(6-8-15)13(2)3)22(26)25(19)11-16-9-10-18(29-16)23(27)28/h5-10,12-13H,4,11H2,1-3H3,(H,27,28). The lowest BCUT2D eigenvalue weighted by atomic mass is 9.99. The molecule has 0 aliphatic heterocycles. The van der Waals surface area contributed by atoms with E-state index in [1.807, 2.05) is 24.4 Å². The first-order valence-electron chi connectivity index (χ1n) is 9.82. The van der Waals surface area contributed by atoms with E-state index in [1.165, 1.54) is 23.0 Å². The number of hydrogen-bond acceptors (Lipinski definition) is 5. The molecule has 4 aromatic rings. The van der Waals surface area contributed by atoms with Gasteiger partial charge in [0, 0.05) is 17.4 Å². The van der Waals surface area contributed by atoms with Gasteiger partial charge in [0.2, 0.25) is 5.76 Å². The third-order valence-corrected chi connectivity index (χ3v) is 6.04. The van der Waals surface area contributed by atoms with Crippen molar-refractivity contribution < 1.29 is 14.3 Å². The molecule has 0 atom stereocenters. The fourth-order valence-corrected chi connectivity index (χ4v) is 4.45. The molecule has 0 spiro atoms. The smallest absolute Gasteiger partial charge is 0.371 e. The van der Waals surface area contributed by atoms with Crippen LogP contribution in [0.2, 0.25) is 0 Å². The third-order valence-electron chi connectivity index (χ3n) is 5.16. The Bertz CT molecular complexity index is 1280. The van der Waals surface area contributed by atoms with E-state index in [-0.39, 0.29) is 17.9 Å². The number of carboxylic acid groups (broad SMARTS) is 1. The molecule has 0 aliphatic rings. The first-order chi connectivity index (χ1) is 14.4. The summed E-state index contributed by atoms with van der Waals surface area (Å²) >= 11 is 1.46. The van der Waals surface area contributed by atoms with Crippen LogP contribution in [0.15, 0.2) is 51.0 Å². The summed E-state index contributed by atoms with van der Waals surface area (Å²) in [5.74, 6) is 0.204. The molecule has 0 bridgehead atoms. The van der Waals surface area contributed by atoms with E-state index in [1.54, 1.807) is 10.6 Å². The summed E-state index contributed by atoms with van der Waals surface area (Å²) in [7, 11) is 0. The van der Waals surface area contributed by atoms with E-state index in [2.05, 4.69) is 26.0 Å². The number of furan rings is 1. The highest BCUT2D eigenvalue weighted by molar-refractivity contribution is 7.17. The minimum absolute atomic E-state index is 0.139. The molecule has 1 N–H and O–H groups in total. The van der Waals surface area contributed by atoms with Gasteiger partial charge in [-0.3, -0.25) is 9.36 Å². The quantitative estimate of drug-likeness (QED) is 0.464. The van der Waals surface area contributed by atoms with Crippen LogP contribution in [0, 0.1) is 0 Å². The van der Waals surface area contributed by atoms with E-state index in [0.717, 1.165) is 11.1 Å². The minimum Gasteiger partial charge on any atom is -0.475 e.